The first-order valence-electron chi connectivity index (χ1n) is 7.97. The van der Waals surface area contributed by atoms with E-state index < -0.39 is 4.92 Å². The van der Waals surface area contributed by atoms with Crippen molar-refractivity contribution < 1.29 is 10.0 Å². The first-order valence-corrected chi connectivity index (χ1v) is 7.97. The van der Waals surface area contributed by atoms with E-state index in [1.54, 1.807) is 12.1 Å². The van der Waals surface area contributed by atoms with Crippen LogP contribution in [0.4, 0.5) is 11.5 Å². The lowest BCUT2D eigenvalue weighted by Gasteiger charge is -2.35. The zero-order chi connectivity index (χ0) is 17.3. The molecule has 0 amide bonds. The summed E-state index contributed by atoms with van der Waals surface area (Å²) in [5.74, 6) is 1.48. The van der Waals surface area contributed by atoms with Gasteiger partial charge in [0.05, 0.1) is 11.0 Å². The molecule has 7 heteroatoms. The highest BCUT2D eigenvalue weighted by Crippen LogP contribution is 2.26. The highest BCUT2D eigenvalue weighted by atomic mass is 16.6. The van der Waals surface area contributed by atoms with Gasteiger partial charge in [0.15, 0.2) is 5.82 Å². The summed E-state index contributed by atoms with van der Waals surface area (Å²) in [4.78, 5) is 21.6. The van der Waals surface area contributed by atoms with Crippen LogP contribution in [-0.4, -0.2) is 39.2 Å². The molecule has 2 atom stereocenters. The standard InChI is InChI=1S/C17H20N4O3/c1-11-6-7-20(10-15(11)22)16-8-12(2)18-17(19-16)13-4-3-5-14(9-13)21(23)24/h3-5,8-9,11,15,22H,6-7,10H2,1-2H3. The third-order valence-electron chi connectivity index (χ3n) is 4.40. The number of aliphatic hydroxyl groups excluding tert-OH is 1. The molecular weight excluding hydrogens is 308 g/mol. The SMILES string of the molecule is Cc1cc(N2CCC(C)C(O)C2)nc(-c2cccc([N+](=O)[O-])c2)n1. The molecule has 0 aliphatic carbocycles. The number of benzene rings is 1. The molecular formula is C17H20N4O3. The number of nitrogens with zero attached hydrogens (tertiary/aromatic N) is 4. The first-order chi connectivity index (χ1) is 11.4. The molecule has 1 saturated heterocycles. The smallest absolute Gasteiger partial charge is 0.270 e. The predicted molar refractivity (Wildman–Crippen MR) is 90.9 cm³/mol. The van der Waals surface area contributed by atoms with Gasteiger partial charge in [-0.05, 0) is 19.3 Å². The fourth-order valence-corrected chi connectivity index (χ4v) is 2.86. The van der Waals surface area contributed by atoms with E-state index in [4.69, 9.17) is 0 Å². The van der Waals surface area contributed by atoms with Gasteiger partial charge in [0.25, 0.3) is 5.69 Å². The Balaban J connectivity index is 1.95. The summed E-state index contributed by atoms with van der Waals surface area (Å²) in [5, 5.41) is 21.1. The van der Waals surface area contributed by atoms with Gasteiger partial charge in [0.1, 0.15) is 5.82 Å². The van der Waals surface area contributed by atoms with Crippen molar-refractivity contribution in [2.45, 2.75) is 26.4 Å². The molecule has 2 heterocycles. The van der Waals surface area contributed by atoms with Crippen molar-refractivity contribution in [3.8, 4) is 11.4 Å². The average Bonchev–Trinajstić information content (AvgIpc) is 2.57. The fourth-order valence-electron chi connectivity index (χ4n) is 2.86. The van der Waals surface area contributed by atoms with E-state index in [0.717, 1.165) is 24.5 Å². The van der Waals surface area contributed by atoms with E-state index in [2.05, 4.69) is 9.97 Å². The maximum atomic E-state index is 11.0. The van der Waals surface area contributed by atoms with Crippen LogP contribution in [0.2, 0.25) is 0 Å². The summed E-state index contributed by atoms with van der Waals surface area (Å²) in [5.41, 5.74) is 1.41. The summed E-state index contributed by atoms with van der Waals surface area (Å²) in [6.45, 7) is 5.27. The van der Waals surface area contributed by atoms with Gasteiger partial charge in [-0.1, -0.05) is 19.1 Å². The van der Waals surface area contributed by atoms with Crippen LogP contribution in [0, 0.1) is 23.0 Å². The van der Waals surface area contributed by atoms with Crippen LogP contribution in [0.15, 0.2) is 30.3 Å². The zero-order valence-corrected chi connectivity index (χ0v) is 13.7. The minimum Gasteiger partial charge on any atom is -0.391 e. The molecule has 1 aromatic carbocycles. The van der Waals surface area contributed by atoms with Gasteiger partial charge in [-0.25, -0.2) is 9.97 Å². The minimum absolute atomic E-state index is 0.0152. The molecule has 0 bridgehead atoms. The Morgan fingerprint density at radius 1 is 1.33 bits per heavy atom. The first kappa shape index (κ1) is 16.3. The Hall–Kier alpha value is -2.54. The minimum atomic E-state index is -0.428. The normalized spacial score (nSPS) is 20.9. The summed E-state index contributed by atoms with van der Waals surface area (Å²) in [7, 11) is 0. The van der Waals surface area contributed by atoms with E-state index in [1.165, 1.54) is 12.1 Å². The van der Waals surface area contributed by atoms with Gasteiger partial charge in [-0.15, -0.1) is 0 Å². The molecule has 1 aliphatic heterocycles. The quantitative estimate of drug-likeness (QED) is 0.687. The molecule has 1 N–H and O–H groups in total. The van der Waals surface area contributed by atoms with Gasteiger partial charge < -0.3 is 10.0 Å². The van der Waals surface area contributed by atoms with Crippen molar-refractivity contribution in [2.75, 3.05) is 18.0 Å². The Morgan fingerprint density at radius 2 is 2.12 bits per heavy atom. The molecule has 126 valence electrons. The van der Waals surface area contributed by atoms with Crippen LogP contribution in [0.25, 0.3) is 11.4 Å². The zero-order valence-electron chi connectivity index (χ0n) is 13.7. The van der Waals surface area contributed by atoms with Crippen LogP contribution < -0.4 is 4.90 Å². The maximum Gasteiger partial charge on any atom is 0.270 e. The number of nitro groups is 1. The lowest BCUT2D eigenvalue weighted by atomic mass is 9.96. The van der Waals surface area contributed by atoms with Crippen molar-refractivity contribution in [3.63, 3.8) is 0 Å². The molecule has 1 aliphatic rings. The van der Waals surface area contributed by atoms with E-state index in [1.807, 2.05) is 24.8 Å². The van der Waals surface area contributed by atoms with Gasteiger partial charge in [-0.3, -0.25) is 10.1 Å². The summed E-state index contributed by atoms with van der Waals surface area (Å²) < 4.78 is 0. The lowest BCUT2D eigenvalue weighted by Crippen LogP contribution is -2.43. The Labute approximate surface area is 140 Å². The second-order valence-corrected chi connectivity index (χ2v) is 6.28. The molecule has 0 radical (unpaired) electrons. The van der Waals surface area contributed by atoms with Crippen molar-refractivity contribution >= 4 is 11.5 Å². The number of rotatable bonds is 3. The fraction of sp³-hybridized carbons (Fsp3) is 0.412. The summed E-state index contributed by atoms with van der Waals surface area (Å²) >= 11 is 0. The molecule has 1 fully saturated rings. The Kier molecular flexibility index (Phi) is 4.44. The topological polar surface area (TPSA) is 92.4 Å². The average molecular weight is 328 g/mol. The van der Waals surface area contributed by atoms with Gasteiger partial charge in [0, 0.05) is 42.5 Å². The Bertz CT molecular complexity index is 765. The monoisotopic (exact) mass is 328 g/mol. The van der Waals surface area contributed by atoms with Gasteiger partial charge >= 0.3 is 0 Å². The van der Waals surface area contributed by atoms with Crippen molar-refractivity contribution in [1.29, 1.82) is 0 Å². The molecule has 3 rings (SSSR count). The van der Waals surface area contributed by atoms with E-state index in [0.29, 0.717) is 17.9 Å². The number of anilines is 1. The van der Waals surface area contributed by atoms with Crippen LogP contribution in [0.1, 0.15) is 19.0 Å². The molecule has 2 unspecified atom stereocenters. The predicted octanol–water partition coefficient (Wildman–Crippen LogP) is 2.57. The number of nitro benzene ring substituents is 1. The molecule has 7 nitrogen and oxygen atoms in total. The number of aliphatic hydroxyl groups is 1. The third-order valence-corrected chi connectivity index (χ3v) is 4.40. The number of hydrogen-bond donors (Lipinski definition) is 1. The van der Waals surface area contributed by atoms with Crippen LogP contribution in [0.3, 0.4) is 0 Å². The summed E-state index contributed by atoms with van der Waals surface area (Å²) in [6.07, 6.45) is 0.520. The number of non-ortho nitro benzene ring substituents is 1. The van der Waals surface area contributed by atoms with E-state index in [9.17, 15) is 15.2 Å². The molecule has 0 spiro atoms. The third kappa shape index (κ3) is 3.35. The summed E-state index contributed by atoms with van der Waals surface area (Å²) in [6, 6.07) is 8.20. The van der Waals surface area contributed by atoms with Gasteiger partial charge in [0.2, 0.25) is 0 Å². The van der Waals surface area contributed by atoms with Crippen LogP contribution >= 0.6 is 0 Å². The largest absolute Gasteiger partial charge is 0.391 e. The second-order valence-electron chi connectivity index (χ2n) is 6.28. The number of aryl methyl sites for hydroxylation is 1. The van der Waals surface area contributed by atoms with Crippen molar-refractivity contribution in [1.82, 2.24) is 9.97 Å². The van der Waals surface area contributed by atoms with Gasteiger partial charge in [-0.2, -0.15) is 0 Å². The molecule has 0 saturated carbocycles. The number of aromatic nitrogens is 2. The van der Waals surface area contributed by atoms with E-state index in [-0.39, 0.29) is 17.7 Å². The van der Waals surface area contributed by atoms with Crippen LogP contribution in [0.5, 0.6) is 0 Å². The Morgan fingerprint density at radius 3 is 2.83 bits per heavy atom. The second kappa shape index (κ2) is 6.52. The number of piperidine rings is 1. The molecule has 1 aromatic heterocycles. The number of hydrogen-bond acceptors (Lipinski definition) is 6. The van der Waals surface area contributed by atoms with Crippen LogP contribution in [-0.2, 0) is 0 Å². The van der Waals surface area contributed by atoms with E-state index >= 15 is 0 Å². The van der Waals surface area contributed by atoms with Crippen molar-refractivity contribution in [3.05, 3.63) is 46.1 Å². The lowest BCUT2D eigenvalue weighted by molar-refractivity contribution is -0.384. The molecule has 24 heavy (non-hydrogen) atoms. The number of β-amino-alcohol motifs (C(OH)–C–C–N with tert-alkyl or cyclic N) is 1. The highest BCUT2D eigenvalue weighted by Gasteiger charge is 2.25. The highest BCUT2D eigenvalue weighted by molar-refractivity contribution is 5.61. The molecule has 2 aromatic rings. The van der Waals surface area contributed by atoms with Crippen molar-refractivity contribution in [2.24, 2.45) is 5.92 Å². The maximum absolute atomic E-state index is 11.0.